The second-order valence-corrected chi connectivity index (χ2v) is 8.25. The lowest BCUT2D eigenvalue weighted by Crippen LogP contribution is -2.46. The molecule has 1 atom stereocenters. The summed E-state index contributed by atoms with van der Waals surface area (Å²) in [6.07, 6.45) is 1.76. The molecule has 0 amide bonds. The standard InChI is InChI=1S/C23H19FN4OS/c24-16-5-7-17(8-6-16)28-12-11-26-20(14-28)19-13-15(9-10-25-19)23-27-22(29)18-3-1-2-4-21(18)30-23/h1-10,13,20,26H,11-12,14H2. The monoisotopic (exact) mass is 418 g/mol. The van der Waals surface area contributed by atoms with Gasteiger partial charge in [-0.25, -0.2) is 4.39 Å². The molecule has 0 saturated carbocycles. The van der Waals surface area contributed by atoms with E-state index >= 15 is 0 Å². The second-order valence-electron chi connectivity index (χ2n) is 7.22. The van der Waals surface area contributed by atoms with Crippen molar-refractivity contribution in [3.8, 4) is 10.6 Å². The van der Waals surface area contributed by atoms with Crippen LogP contribution in [0.4, 0.5) is 10.1 Å². The van der Waals surface area contributed by atoms with Crippen molar-refractivity contribution in [2.45, 2.75) is 6.04 Å². The summed E-state index contributed by atoms with van der Waals surface area (Å²) in [6, 6.07) is 18.0. The predicted molar refractivity (Wildman–Crippen MR) is 118 cm³/mol. The number of pyridine rings is 1. The van der Waals surface area contributed by atoms with E-state index in [2.05, 4.69) is 20.2 Å². The number of hydrogen-bond acceptors (Lipinski definition) is 6. The Bertz CT molecular complexity index is 1260. The summed E-state index contributed by atoms with van der Waals surface area (Å²) in [5.74, 6) is -0.235. The minimum atomic E-state index is -0.235. The highest BCUT2D eigenvalue weighted by Crippen LogP contribution is 2.28. The summed E-state index contributed by atoms with van der Waals surface area (Å²) in [7, 11) is 0. The third-order valence-electron chi connectivity index (χ3n) is 5.28. The van der Waals surface area contributed by atoms with Crippen LogP contribution in [0.15, 0.2) is 71.7 Å². The van der Waals surface area contributed by atoms with Crippen LogP contribution in [0.5, 0.6) is 0 Å². The molecule has 2 aromatic heterocycles. The van der Waals surface area contributed by atoms with Gasteiger partial charge in [-0.15, -0.1) is 11.3 Å². The van der Waals surface area contributed by atoms with Crippen molar-refractivity contribution in [3.63, 3.8) is 0 Å². The van der Waals surface area contributed by atoms with Crippen molar-refractivity contribution in [1.29, 1.82) is 0 Å². The number of benzene rings is 2. The Morgan fingerprint density at radius 2 is 1.93 bits per heavy atom. The van der Waals surface area contributed by atoms with Crippen LogP contribution in [0.2, 0.25) is 0 Å². The van der Waals surface area contributed by atoms with Gasteiger partial charge in [-0.3, -0.25) is 9.78 Å². The molecule has 1 N–H and O–H groups in total. The molecular formula is C23H19FN4OS. The second kappa shape index (κ2) is 7.93. The van der Waals surface area contributed by atoms with Crippen LogP contribution in [-0.2, 0) is 0 Å². The Labute approximate surface area is 176 Å². The van der Waals surface area contributed by atoms with E-state index in [-0.39, 0.29) is 17.4 Å². The van der Waals surface area contributed by atoms with Crippen LogP contribution in [0, 0.1) is 5.82 Å². The van der Waals surface area contributed by atoms with Gasteiger partial charge in [0.1, 0.15) is 10.8 Å². The van der Waals surface area contributed by atoms with Crippen molar-refractivity contribution < 1.29 is 4.39 Å². The highest BCUT2D eigenvalue weighted by molar-refractivity contribution is 7.21. The van der Waals surface area contributed by atoms with Gasteiger partial charge in [-0.2, -0.15) is 4.98 Å². The molecule has 1 fully saturated rings. The van der Waals surface area contributed by atoms with E-state index in [0.29, 0.717) is 10.4 Å². The molecule has 0 spiro atoms. The topological polar surface area (TPSA) is 58.1 Å². The number of piperazine rings is 1. The first kappa shape index (κ1) is 18.8. The maximum atomic E-state index is 13.3. The normalized spacial score (nSPS) is 16.7. The predicted octanol–water partition coefficient (Wildman–Crippen LogP) is 4.01. The summed E-state index contributed by atoms with van der Waals surface area (Å²) in [4.78, 5) is 23.5. The Balaban J connectivity index is 1.45. The zero-order chi connectivity index (χ0) is 20.5. The van der Waals surface area contributed by atoms with Crippen LogP contribution >= 0.6 is 11.3 Å². The Morgan fingerprint density at radius 3 is 2.80 bits per heavy atom. The van der Waals surface area contributed by atoms with Crippen LogP contribution < -0.4 is 15.8 Å². The summed E-state index contributed by atoms with van der Waals surface area (Å²) < 4.78 is 14.2. The molecular weight excluding hydrogens is 399 g/mol. The highest BCUT2D eigenvalue weighted by Gasteiger charge is 2.22. The summed E-state index contributed by atoms with van der Waals surface area (Å²) >= 11 is 1.50. The quantitative estimate of drug-likeness (QED) is 0.545. The van der Waals surface area contributed by atoms with Gasteiger partial charge in [0.25, 0.3) is 5.56 Å². The van der Waals surface area contributed by atoms with Crippen molar-refractivity contribution >= 4 is 27.1 Å². The SMILES string of the molecule is O=c1nc(-c2ccnc(C3CN(c4ccc(F)cc4)CCN3)c2)sc2ccccc12. The lowest BCUT2D eigenvalue weighted by molar-refractivity contribution is 0.463. The number of aromatic nitrogens is 2. The molecule has 0 bridgehead atoms. The number of nitrogens with one attached hydrogen (secondary N) is 1. The smallest absolute Gasteiger partial charge is 0.279 e. The van der Waals surface area contributed by atoms with Gasteiger partial charge in [0.05, 0.1) is 17.1 Å². The molecule has 1 aliphatic heterocycles. The van der Waals surface area contributed by atoms with Gasteiger partial charge >= 0.3 is 0 Å². The van der Waals surface area contributed by atoms with Gasteiger partial charge in [-0.1, -0.05) is 12.1 Å². The fourth-order valence-corrected chi connectivity index (χ4v) is 4.74. The minimum absolute atomic E-state index is 0.0286. The van der Waals surface area contributed by atoms with Crippen molar-refractivity contribution in [2.24, 2.45) is 0 Å². The first-order valence-electron chi connectivity index (χ1n) is 9.77. The molecule has 1 aliphatic rings. The summed E-state index contributed by atoms with van der Waals surface area (Å²) in [5.41, 5.74) is 2.56. The molecule has 1 saturated heterocycles. The first-order valence-corrected chi connectivity index (χ1v) is 10.6. The van der Waals surface area contributed by atoms with Crippen molar-refractivity contribution in [3.05, 3.63) is 88.7 Å². The zero-order valence-corrected chi connectivity index (χ0v) is 16.9. The molecule has 5 rings (SSSR count). The van der Waals surface area contributed by atoms with E-state index in [1.807, 2.05) is 30.3 Å². The molecule has 7 heteroatoms. The average molecular weight is 418 g/mol. The largest absolute Gasteiger partial charge is 0.368 e. The number of anilines is 1. The Kier molecular flexibility index (Phi) is 4.98. The fraction of sp³-hybridized carbons (Fsp3) is 0.174. The van der Waals surface area contributed by atoms with Crippen LogP contribution in [0.3, 0.4) is 0 Å². The number of hydrogen-bond donors (Lipinski definition) is 1. The molecule has 0 radical (unpaired) electrons. The summed E-state index contributed by atoms with van der Waals surface area (Å²) in [6.45, 7) is 2.37. The number of fused-ring (bicyclic) bond motifs is 1. The van der Waals surface area contributed by atoms with Gasteiger partial charge < -0.3 is 10.2 Å². The fourth-order valence-electron chi connectivity index (χ4n) is 3.74. The van der Waals surface area contributed by atoms with Gasteiger partial charge in [0.2, 0.25) is 0 Å². The number of rotatable bonds is 3. The third-order valence-corrected chi connectivity index (χ3v) is 6.38. The van der Waals surface area contributed by atoms with E-state index in [1.165, 1.54) is 23.5 Å². The van der Waals surface area contributed by atoms with E-state index < -0.39 is 0 Å². The lowest BCUT2D eigenvalue weighted by Gasteiger charge is -2.35. The first-order chi connectivity index (χ1) is 14.7. The molecule has 0 aliphatic carbocycles. The highest BCUT2D eigenvalue weighted by atomic mass is 32.1. The Hall–Kier alpha value is -3.16. The molecule has 5 nitrogen and oxygen atoms in total. The van der Waals surface area contributed by atoms with E-state index in [0.717, 1.165) is 41.3 Å². The van der Waals surface area contributed by atoms with Gasteiger partial charge in [0.15, 0.2) is 0 Å². The van der Waals surface area contributed by atoms with Crippen molar-refractivity contribution in [1.82, 2.24) is 15.3 Å². The maximum Gasteiger partial charge on any atom is 0.279 e. The third kappa shape index (κ3) is 3.69. The van der Waals surface area contributed by atoms with E-state index in [9.17, 15) is 9.18 Å². The molecule has 4 aromatic rings. The van der Waals surface area contributed by atoms with Gasteiger partial charge in [-0.05, 0) is 48.5 Å². The molecule has 2 aromatic carbocycles. The van der Waals surface area contributed by atoms with Crippen LogP contribution in [0.1, 0.15) is 11.7 Å². The van der Waals surface area contributed by atoms with Crippen LogP contribution in [0.25, 0.3) is 20.7 Å². The van der Waals surface area contributed by atoms with Crippen LogP contribution in [-0.4, -0.2) is 29.6 Å². The molecule has 150 valence electrons. The van der Waals surface area contributed by atoms with E-state index in [4.69, 9.17) is 0 Å². The Morgan fingerprint density at radius 1 is 1.10 bits per heavy atom. The summed E-state index contributed by atoms with van der Waals surface area (Å²) in [5, 5.41) is 4.84. The van der Waals surface area contributed by atoms with Gasteiger partial charge in [0, 0.05) is 41.8 Å². The molecule has 3 heterocycles. The molecule has 1 unspecified atom stereocenters. The zero-order valence-electron chi connectivity index (χ0n) is 16.1. The number of halogens is 1. The van der Waals surface area contributed by atoms with Crippen molar-refractivity contribution in [2.75, 3.05) is 24.5 Å². The average Bonchev–Trinajstić information content (AvgIpc) is 2.80. The maximum absolute atomic E-state index is 13.3. The lowest BCUT2D eigenvalue weighted by atomic mass is 10.1. The number of nitrogens with zero attached hydrogens (tertiary/aromatic N) is 3. The molecule has 30 heavy (non-hydrogen) atoms. The minimum Gasteiger partial charge on any atom is -0.368 e. The van der Waals surface area contributed by atoms with E-state index in [1.54, 1.807) is 24.4 Å².